The molecule has 1 unspecified atom stereocenters. The van der Waals surface area contributed by atoms with Crippen LogP contribution in [0.1, 0.15) is 22.9 Å². The minimum absolute atomic E-state index is 0.107. The normalized spacial score (nSPS) is 17.3. The predicted molar refractivity (Wildman–Crippen MR) is 125 cm³/mol. The Morgan fingerprint density at radius 3 is 2.52 bits per heavy atom. The largest absolute Gasteiger partial charge is 0.507 e. The lowest BCUT2D eigenvalue weighted by Gasteiger charge is -2.26. The number of pyridine rings is 1. The molecule has 1 aliphatic rings. The van der Waals surface area contributed by atoms with Crippen molar-refractivity contribution in [2.45, 2.75) is 13.0 Å². The molecule has 33 heavy (non-hydrogen) atoms. The van der Waals surface area contributed by atoms with Gasteiger partial charge in [-0.2, -0.15) is 0 Å². The van der Waals surface area contributed by atoms with E-state index in [0.717, 1.165) is 5.56 Å². The van der Waals surface area contributed by atoms with Crippen LogP contribution >= 0.6 is 11.6 Å². The Morgan fingerprint density at radius 2 is 1.85 bits per heavy atom. The van der Waals surface area contributed by atoms with E-state index in [9.17, 15) is 14.7 Å². The number of halogens is 1. The second-order valence-corrected chi connectivity index (χ2v) is 7.86. The molecule has 168 valence electrons. The van der Waals surface area contributed by atoms with Gasteiger partial charge in [-0.3, -0.25) is 19.5 Å². The second-order valence-electron chi connectivity index (χ2n) is 7.42. The van der Waals surface area contributed by atoms with E-state index in [2.05, 4.69) is 4.98 Å². The first-order valence-corrected chi connectivity index (χ1v) is 10.5. The fourth-order valence-corrected chi connectivity index (χ4v) is 4.05. The van der Waals surface area contributed by atoms with Crippen LogP contribution in [0.4, 0.5) is 5.69 Å². The highest BCUT2D eigenvalue weighted by Crippen LogP contribution is 2.44. The van der Waals surface area contributed by atoms with E-state index in [0.29, 0.717) is 27.9 Å². The van der Waals surface area contributed by atoms with E-state index in [1.807, 2.05) is 6.92 Å². The Morgan fingerprint density at radius 1 is 1.06 bits per heavy atom. The van der Waals surface area contributed by atoms with Gasteiger partial charge < -0.3 is 14.6 Å². The maximum absolute atomic E-state index is 13.3. The number of ketones is 1. The summed E-state index contributed by atoms with van der Waals surface area (Å²) in [5, 5.41) is 11.8. The summed E-state index contributed by atoms with van der Waals surface area (Å²) in [7, 11) is 2.93. The molecule has 3 aromatic rings. The van der Waals surface area contributed by atoms with Crippen LogP contribution in [0.5, 0.6) is 11.5 Å². The summed E-state index contributed by atoms with van der Waals surface area (Å²) < 4.78 is 10.6. The molecular formula is C25H21ClN2O5. The van der Waals surface area contributed by atoms with Crippen LogP contribution < -0.4 is 14.4 Å². The molecule has 1 atom stereocenters. The Kier molecular flexibility index (Phi) is 6.07. The average Bonchev–Trinajstić information content (AvgIpc) is 3.10. The number of carbonyl (C=O) groups excluding carboxylic acids is 2. The van der Waals surface area contributed by atoms with Crippen molar-refractivity contribution >= 4 is 34.7 Å². The summed E-state index contributed by atoms with van der Waals surface area (Å²) in [6.07, 6.45) is 1.56. The molecule has 2 heterocycles. The zero-order valence-corrected chi connectivity index (χ0v) is 19.0. The first kappa shape index (κ1) is 22.4. The highest BCUT2D eigenvalue weighted by molar-refractivity contribution is 6.52. The van der Waals surface area contributed by atoms with Crippen LogP contribution in [0.25, 0.3) is 5.76 Å². The molecule has 0 spiro atoms. The van der Waals surface area contributed by atoms with Gasteiger partial charge in [0.05, 0.1) is 31.1 Å². The molecule has 1 amide bonds. The molecule has 0 radical (unpaired) electrons. The van der Waals surface area contributed by atoms with Crippen LogP contribution in [0.15, 0.2) is 66.4 Å². The number of hydrogen-bond donors (Lipinski definition) is 1. The third kappa shape index (κ3) is 3.91. The summed E-state index contributed by atoms with van der Waals surface area (Å²) in [5.41, 5.74) is 1.72. The molecule has 7 nitrogen and oxygen atoms in total. The summed E-state index contributed by atoms with van der Waals surface area (Å²) in [6, 6.07) is 14.1. The number of anilines is 1. The van der Waals surface area contributed by atoms with Crippen molar-refractivity contribution < 1.29 is 24.2 Å². The number of ether oxygens (including phenoxy) is 2. The van der Waals surface area contributed by atoms with Crippen molar-refractivity contribution in [1.82, 2.24) is 4.98 Å². The summed E-state index contributed by atoms with van der Waals surface area (Å²) in [5.74, 6) is -1.25. The molecule has 1 fully saturated rings. The van der Waals surface area contributed by atoms with Gasteiger partial charge in [0, 0.05) is 16.9 Å². The topological polar surface area (TPSA) is 89.0 Å². The molecule has 4 rings (SSSR count). The zero-order valence-electron chi connectivity index (χ0n) is 18.2. The maximum atomic E-state index is 13.3. The molecule has 2 aromatic carbocycles. The first-order chi connectivity index (χ1) is 15.9. The Labute approximate surface area is 195 Å². The van der Waals surface area contributed by atoms with Gasteiger partial charge in [-0.15, -0.1) is 0 Å². The number of aromatic nitrogens is 1. The Hall–Kier alpha value is -3.84. The monoisotopic (exact) mass is 464 g/mol. The Bertz CT molecular complexity index is 1270. The molecule has 8 heteroatoms. The summed E-state index contributed by atoms with van der Waals surface area (Å²) in [6.45, 7) is 1.81. The first-order valence-electron chi connectivity index (χ1n) is 10.1. The fourth-order valence-electron chi connectivity index (χ4n) is 3.88. The molecule has 0 aliphatic carbocycles. The van der Waals surface area contributed by atoms with Crippen LogP contribution in [0.3, 0.4) is 0 Å². The second kappa shape index (κ2) is 8.96. The lowest BCUT2D eigenvalue weighted by atomic mass is 9.97. The predicted octanol–water partition coefficient (Wildman–Crippen LogP) is 4.69. The van der Waals surface area contributed by atoms with E-state index in [4.69, 9.17) is 21.1 Å². The quantitative estimate of drug-likeness (QED) is 0.335. The summed E-state index contributed by atoms with van der Waals surface area (Å²) in [4.78, 5) is 32.3. The van der Waals surface area contributed by atoms with Crippen molar-refractivity contribution in [3.63, 3.8) is 0 Å². The third-order valence-electron chi connectivity index (χ3n) is 5.50. The van der Waals surface area contributed by atoms with Gasteiger partial charge in [-0.25, -0.2) is 0 Å². The van der Waals surface area contributed by atoms with Gasteiger partial charge in [-0.05, 0) is 55.0 Å². The lowest BCUT2D eigenvalue weighted by molar-refractivity contribution is -0.132. The maximum Gasteiger partial charge on any atom is 0.300 e. The highest BCUT2D eigenvalue weighted by Gasteiger charge is 2.48. The van der Waals surface area contributed by atoms with Crippen molar-refractivity contribution in [1.29, 1.82) is 0 Å². The molecule has 0 saturated carbocycles. The van der Waals surface area contributed by atoms with Crippen molar-refractivity contribution in [3.8, 4) is 11.5 Å². The van der Waals surface area contributed by atoms with Crippen LogP contribution in [0, 0.1) is 6.92 Å². The SMILES string of the molecule is COc1ccc(OC)c(/C(O)=C2\C(=O)C(=O)N(c3cc(Cl)ccc3C)C2c2ccccn2)c1. The van der Waals surface area contributed by atoms with E-state index >= 15 is 0 Å². The van der Waals surface area contributed by atoms with E-state index < -0.39 is 17.7 Å². The number of carbonyl (C=O) groups is 2. The van der Waals surface area contributed by atoms with Crippen molar-refractivity contribution in [2.24, 2.45) is 0 Å². The number of aliphatic hydroxyl groups excluding tert-OH is 1. The van der Waals surface area contributed by atoms with Crippen LogP contribution in [-0.2, 0) is 9.59 Å². The number of nitrogens with zero attached hydrogens (tertiary/aromatic N) is 2. The third-order valence-corrected chi connectivity index (χ3v) is 5.74. The van der Waals surface area contributed by atoms with E-state index in [1.54, 1.807) is 60.8 Å². The van der Waals surface area contributed by atoms with Gasteiger partial charge in [-0.1, -0.05) is 23.7 Å². The zero-order chi connectivity index (χ0) is 23.7. The number of aryl methyl sites for hydroxylation is 1. The smallest absolute Gasteiger partial charge is 0.300 e. The van der Waals surface area contributed by atoms with E-state index in [1.165, 1.54) is 19.1 Å². The van der Waals surface area contributed by atoms with Gasteiger partial charge in [0.25, 0.3) is 11.7 Å². The van der Waals surface area contributed by atoms with Crippen molar-refractivity contribution in [3.05, 3.63) is 88.2 Å². The van der Waals surface area contributed by atoms with Gasteiger partial charge in [0.15, 0.2) is 0 Å². The molecule has 1 aromatic heterocycles. The fraction of sp³-hybridized carbons (Fsp3) is 0.160. The van der Waals surface area contributed by atoms with Crippen LogP contribution in [0.2, 0.25) is 5.02 Å². The average molecular weight is 465 g/mol. The van der Waals surface area contributed by atoms with Gasteiger partial charge >= 0.3 is 0 Å². The Balaban J connectivity index is 2.01. The minimum atomic E-state index is -0.973. The molecule has 1 N–H and O–H groups in total. The molecule has 0 bridgehead atoms. The molecular weight excluding hydrogens is 444 g/mol. The number of hydrogen-bond acceptors (Lipinski definition) is 6. The van der Waals surface area contributed by atoms with Gasteiger partial charge in [0.1, 0.15) is 23.3 Å². The number of benzene rings is 2. The number of rotatable bonds is 5. The highest BCUT2D eigenvalue weighted by atomic mass is 35.5. The number of methoxy groups -OCH3 is 2. The standard InChI is InChI=1S/C25H21ClN2O5/c1-14-7-8-15(26)12-19(14)28-22(18-6-4-5-11-27-18)21(24(30)25(28)31)23(29)17-13-16(32-2)9-10-20(17)33-3/h4-13,22,29H,1-3H3/b23-21+. The number of Topliss-reactive ketones (excluding diaryl/α,β-unsaturated/α-hetero) is 1. The van der Waals surface area contributed by atoms with Crippen LogP contribution in [-0.4, -0.2) is 36.0 Å². The van der Waals surface area contributed by atoms with Gasteiger partial charge in [0.2, 0.25) is 0 Å². The van der Waals surface area contributed by atoms with E-state index in [-0.39, 0.29) is 16.9 Å². The number of aliphatic hydroxyl groups is 1. The molecule has 1 saturated heterocycles. The molecule has 1 aliphatic heterocycles. The summed E-state index contributed by atoms with van der Waals surface area (Å²) >= 11 is 6.21. The van der Waals surface area contributed by atoms with Crippen molar-refractivity contribution in [2.75, 3.05) is 19.1 Å². The number of amides is 1. The lowest BCUT2D eigenvalue weighted by Crippen LogP contribution is -2.30. The minimum Gasteiger partial charge on any atom is -0.507 e.